The van der Waals surface area contributed by atoms with Crippen LogP contribution in [0.4, 0.5) is 13.2 Å². The topological polar surface area (TPSA) is 113 Å². The minimum atomic E-state index is -5.42. The van der Waals surface area contributed by atoms with Crippen molar-refractivity contribution in [1.29, 1.82) is 5.26 Å². The summed E-state index contributed by atoms with van der Waals surface area (Å²) in [6, 6.07) is 1.19. The molecule has 0 bridgehead atoms. The molecule has 1 unspecified atom stereocenters. The van der Waals surface area contributed by atoms with Gasteiger partial charge in [-0.25, -0.2) is 23.1 Å². The second-order valence-corrected chi connectivity index (χ2v) is 6.68. The number of fused-ring (bicyclic) bond motifs is 1. The van der Waals surface area contributed by atoms with Crippen molar-refractivity contribution in [1.82, 2.24) is 19.1 Å². The Hall–Kier alpha value is -2.20. The van der Waals surface area contributed by atoms with Crippen molar-refractivity contribution < 1.29 is 26.3 Å². The van der Waals surface area contributed by atoms with Crippen LogP contribution in [0.5, 0.6) is 0 Å². The van der Waals surface area contributed by atoms with Crippen LogP contribution < -0.4 is 0 Å². The Balaban J connectivity index is 1.85. The van der Waals surface area contributed by atoms with Gasteiger partial charge in [0.05, 0.1) is 19.2 Å². The molecule has 0 saturated carbocycles. The number of halogens is 3. The van der Waals surface area contributed by atoms with E-state index >= 15 is 0 Å². The highest BCUT2D eigenvalue weighted by molar-refractivity contribution is 7.89. The summed E-state index contributed by atoms with van der Waals surface area (Å²) in [5.74, 6) is 0.0819. The van der Waals surface area contributed by atoms with Crippen molar-refractivity contribution in [2.24, 2.45) is 4.99 Å². The number of ether oxygens (including phenoxy) is 1. The van der Waals surface area contributed by atoms with Crippen LogP contribution >= 0.6 is 0 Å². The Kier molecular flexibility index (Phi) is 3.52. The second kappa shape index (κ2) is 5.17. The number of alkyl halides is 3. The van der Waals surface area contributed by atoms with Gasteiger partial charge in [0.25, 0.3) is 5.90 Å². The quantitative estimate of drug-likeness (QED) is 0.718. The van der Waals surface area contributed by atoms with Crippen molar-refractivity contribution in [2.75, 3.05) is 13.2 Å². The molecule has 0 radical (unpaired) electrons. The van der Waals surface area contributed by atoms with Gasteiger partial charge in [0, 0.05) is 6.54 Å². The van der Waals surface area contributed by atoms with E-state index in [9.17, 15) is 21.6 Å². The first kappa shape index (κ1) is 15.7. The fourth-order valence-corrected chi connectivity index (χ4v) is 3.02. The number of aromatic nitrogens is 3. The van der Waals surface area contributed by atoms with Crippen LogP contribution in [0.2, 0.25) is 0 Å². The first-order chi connectivity index (χ1) is 10.7. The number of rotatable bonds is 2. The molecule has 124 valence electrons. The minimum absolute atomic E-state index is 0.0173. The van der Waals surface area contributed by atoms with Gasteiger partial charge in [0.15, 0.2) is 6.04 Å². The van der Waals surface area contributed by atoms with E-state index < -0.39 is 28.1 Å². The lowest BCUT2D eigenvalue weighted by molar-refractivity contribution is -0.0496. The maximum atomic E-state index is 12.6. The number of sulfonamides is 1. The van der Waals surface area contributed by atoms with Gasteiger partial charge in [0.2, 0.25) is 5.82 Å². The van der Waals surface area contributed by atoms with E-state index in [1.165, 1.54) is 4.68 Å². The number of nitriles is 1. The maximum Gasteiger partial charge on any atom is 0.511 e. The lowest BCUT2D eigenvalue weighted by Crippen LogP contribution is -2.44. The van der Waals surface area contributed by atoms with Crippen LogP contribution in [0.25, 0.3) is 0 Å². The normalized spacial score (nSPS) is 22.2. The molecule has 2 aliphatic rings. The molecule has 13 heteroatoms. The van der Waals surface area contributed by atoms with Gasteiger partial charge in [-0.15, -0.1) is 5.10 Å². The Bertz CT molecular complexity index is 809. The Morgan fingerprint density at radius 1 is 1.35 bits per heavy atom. The first-order valence-corrected chi connectivity index (χ1v) is 7.77. The van der Waals surface area contributed by atoms with E-state index in [4.69, 9.17) is 10.00 Å². The van der Waals surface area contributed by atoms with Gasteiger partial charge in [0.1, 0.15) is 12.4 Å². The third kappa shape index (κ3) is 2.63. The van der Waals surface area contributed by atoms with Crippen molar-refractivity contribution in [3.05, 3.63) is 11.6 Å². The summed E-state index contributed by atoms with van der Waals surface area (Å²) in [6.45, 7) is -0.952. The molecular weight excluding hydrogens is 341 g/mol. The highest BCUT2D eigenvalue weighted by Gasteiger charge is 2.50. The van der Waals surface area contributed by atoms with Crippen LogP contribution in [0, 0.1) is 11.3 Å². The number of nitrogens with zero attached hydrogens (tertiary/aromatic N) is 6. The Labute approximate surface area is 128 Å². The van der Waals surface area contributed by atoms with Gasteiger partial charge in [-0.3, -0.25) is 0 Å². The van der Waals surface area contributed by atoms with Gasteiger partial charge in [-0.05, 0) is 0 Å². The molecule has 9 nitrogen and oxygen atoms in total. The Morgan fingerprint density at radius 3 is 2.70 bits per heavy atom. The van der Waals surface area contributed by atoms with Gasteiger partial charge in [-0.2, -0.15) is 22.7 Å². The van der Waals surface area contributed by atoms with Crippen LogP contribution in [-0.4, -0.2) is 58.1 Å². The van der Waals surface area contributed by atoms with E-state index in [0.29, 0.717) is 4.31 Å². The fraction of sp³-hybridized carbons (Fsp3) is 0.600. The van der Waals surface area contributed by atoms with Crippen molar-refractivity contribution in [3.8, 4) is 6.07 Å². The molecule has 1 aromatic rings. The van der Waals surface area contributed by atoms with Crippen LogP contribution in [0.1, 0.15) is 11.6 Å². The molecule has 0 N–H and O–H groups in total. The monoisotopic (exact) mass is 350 g/mol. The molecule has 0 saturated heterocycles. The lowest BCUT2D eigenvalue weighted by Gasteiger charge is -2.26. The van der Waals surface area contributed by atoms with Crippen LogP contribution in [-0.2, 0) is 27.8 Å². The van der Waals surface area contributed by atoms with Gasteiger partial charge in [-0.1, -0.05) is 0 Å². The number of hydrogen-bond donors (Lipinski definition) is 0. The maximum absolute atomic E-state index is 12.6. The molecule has 3 rings (SSSR count). The van der Waals surface area contributed by atoms with Gasteiger partial charge < -0.3 is 4.74 Å². The van der Waals surface area contributed by atoms with E-state index in [-0.39, 0.29) is 37.2 Å². The zero-order valence-corrected chi connectivity index (χ0v) is 12.2. The average Bonchev–Trinajstić information content (AvgIpc) is 3.11. The van der Waals surface area contributed by atoms with Crippen LogP contribution in [0.15, 0.2) is 4.99 Å². The second-order valence-electron chi connectivity index (χ2n) is 4.75. The van der Waals surface area contributed by atoms with Crippen molar-refractivity contribution >= 4 is 15.9 Å². The highest BCUT2D eigenvalue weighted by Crippen LogP contribution is 2.29. The van der Waals surface area contributed by atoms with Crippen molar-refractivity contribution in [2.45, 2.75) is 24.6 Å². The smallest absolute Gasteiger partial charge is 0.472 e. The number of hydrogen-bond acceptors (Lipinski definition) is 7. The fourth-order valence-electron chi connectivity index (χ4n) is 2.12. The largest absolute Gasteiger partial charge is 0.511 e. The Morgan fingerprint density at radius 2 is 2.09 bits per heavy atom. The van der Waals surface area contributed by atoms with Crippen LogP contribution in [0.3, 0.4) is 0 Å². The molecule has 1 aromatic heterocycles. The lowest BCUT2D eigenvalue weighted by atomic mass is 10.4. The summed E-state index contributed by atoms with van der Waals surface area (Å²) >= 11 is 0. The molecule has 1 atom stereocenters. The van der Waals surface area contributed by atoms with E-state index in [1.54, 1.807) is 0 Å². The standard InChI is InChI=1S/C10H9F3N6O3S/c11-10(12,13)23(20,21)18-1-2-19-7(4-18)16-8(17-19)9-15-6(3-14)5-22-9/h6H,1-2,4-5H2. The summed E-state index contributed by atoms with van der Waals surface area (Å²) in [4.78, 5) is 7.87. The zero-order valence-electron chi connectivity index (χ0n) is 11.4. The third-order valence-electron chi connectivity index (χ3n) is 3.25. The SMILES string of the molecule is N#CC1COC(c2nc3n(n2)CCN(S(=O)(=O)C(F)(F)F)C3)=N1. The average molecular weight is 350 g/mol. The highest BCUT2D eigenvalue weighted by atomic mass is 32.2. The molecule has 0 aliphatic carbocycles. The molecule has 3 heterocycles. The molecule has 0 aromatic carbocycles. The summed E-state index contributed by atoms with van der Waals surface area (Å²) in [6.07, 6.45) is 0. The minimum Gasteiger partial charge on any atom is -0.472 e. The van der Waals surface area contributed by atoms with E-state index in [1.807, 2.05) is 6.07 Å². The van der Waals surface area contributed by atoms with E-state index in [0.717, 1.165) is 0 Å². The molecule has 23 heavy (non-hydrogen) atoms. The number of aliphatic imine (C=N–C) groups is 1. The summed E-state index contributed by atoms with van der Waals surface area (Å²) < 4.78 is 67.3. The zero-order chi connectivity index (χ0) is 16.8. The van der Waals surface area contributed by atoms with Crippen molar-refractivity contribution in [3.63, 3.8) is 0 Å². The molecule has 0 fully saturated rings. The summed E-state index contributed by atoms with van der Waals surface area (Å²) in [5, 5.41) is 12.7. The first-order valence-electron chi connectivity index (χ1n) is 6.33. The third-order valence-corrected chi connectivity index (χ3v) is 4.83. The van der Waals surface area contributed by atoms with Gasteiger partial charge >= 0.3 is 15.5 Å². The predicted octanol–water partition coefficient (Wildman–Crippen LogP) is -0.388. The summed E-state index contributed by atoms with van der Waals surface area (Å²) in [7, 11) is -5.42. The molecule has 0 amide bonds. The van der Waals surface area contributed by atoms with E-state index in [2.05, 4.69) is 15.1 Å². The molecular formula is C10H9F3N6O3S. The predicted molar refractivity (Wildman–Crippen MR) is 67.3 cm³/mol. The summed E-state index contributed by atoms with van der Waals surface area (Å²) in [5.41, 5.74) is -5.36. The molecule has 0 spiro atoms. The molecule has 2 aliphatic heterocycles.